The van der Waals surface area contributed by atoms with Crippen LogP contribution < -0.4 is 5.32 Å². The number of aliphatic hydroxyl groups excluding tert-OH is 1. The summed E-state index contributed by atoms with van der Waals surface area (Å²) in [6.07, 6.45) is 2.20. The molecule has 0 atom stereocenters. The fourth-order valence-electron chi connectivity index (χ4n) is 1.99. The molecule has 12 heavy (non-hydrogen) atoms. The van der Waals surface area contributed by atoms with Crippen LogP contribution in [0, 0.1) is 5.41 Å². The molecule has 0 aromatic heterocycles. The van der Waals surface area contributed by atoms with Gasteiger partial charge in [0, 0.05) is 12.0 Å². The Morgan fingerprint density at radius 2 is 1.92 bits per heavy atom. The van der Waals surface area contributed by atoms with E-state index in [1.807, 2.05) is 0 Å². The highest BCUT2D eigenvalue weighted by atomic mass is 16.3. The van der Waals surface area contributed by atoms with Crippen LogP contribution in [0.2, 0.25) is 0 Å². The van der Waals surface area contributed by atoms with Gasteiger partial charge in [-0.2, -0.15) is 0 Å². The predicted octanol–water partition coefficient (Wildman–Crippen LogP) is -0.0899. The zero-order valence-electron chi connectivity index (χ0n) is 8.14. The average Bonchev–Trinajstić information content (AvgIpc) is 2.05. The molecule has 1 aliphatic rings. The van der Waals surface area contributed by atoms with Gasteiger partial charge in [0.05, 0.1) is 6.61 Å². The molecule has 3 heteroatoms. The Hall–Kier alpha value is -0.120. The van der Waals surface area contributed by atoms with E-state index >= 15 is 0 Å². The number of rotatable bonds is 3. The summed E-state index contributed by atoms with van der Waals surface area (Å²) in [5.41, 5.74) is 0.161. The molecule has 0 unspecified atom stereocenters. The minimum Gasteiger partial charge on any atom is -0.396 e. The second kappa shape index (κ2) is 4.21. The molecule has 72 valence electrons. The smallest absolute Gasteiger partial charge is 0.0500 e. The van der Waals surface area contributed by atoms with Crippen LogP contribution in [0.5, 0.6) is 0 Å². The van der Waals surface area contributed by atoms with E-state index in [0.717, 1.165) is 32.5 Å². The van der Waals surface area contributed by atoms with Crippen LogP contribution in [0.25, 0.3) is 0 Å². The van der Waals surface area contributed by atoms with Gasteiger partial charge >= 0.3 is 0 Å². The van der Waals surface area contributed by atoms with Crippen molar-refractivity contribution in [2.75, 3.05) is 40.3 Å². The van der Waals surface area contributed by atoms with Crippen molar-refractivity contribution < 1.29 is 5.11 Å². The van der Waals surface area contributed by atoms with Crippen LogP contribution in [0.1, 0.15) is 12.8 Å². The summed E-state index contributed by atoms with van der Waals surface area (Å²) in [6, 6.07) is 0. The van der Waals surface area contributed by atoms with Gasteiger partial charge in [-0.3, -0.25) is 0 Å². The summed E-state index contributed by atoms with van der Waals surface area (Å²) in [5.74, 6) is 0. The topological polar surface area (TPSA) is 35.5 Å². The molecule has 0 radical (unpaired) electrons. The van der Waals surface area contributed by atoms with Gasteiger partial charge in [0.1, 0.15) is 0 Å². The van der Waals surface area contributed by atoms with Crippen molar-refractivity contribution >= 4 is 0 Å². The van der Waals surface area contributed by atoms with Crippen molar-refractivity contribution in [3.05, 3.63) is 0 Å². The zero-order chi connectivity index (χ0) is 9.03. The fourth-order valence-corrected chi connectivity index (χ4v) is 1.99. The Balaban J connectivity index is 2.48. The molecule has 1 rings (SSSR count). The van der Waals surface area contributed by atoms with E-state index in [9.17, 15) is 5.11 Å². The van der Waals surface area contributed by atoms with E-state index in [1.165, 1.54) is 0 Å². The standard InChI is InChI=1S/C9H20N2O/c1-11(2)7-9(8-12)3-5-10-6-4-9/h10,12H,3-8H2,1-2H3. The first-order valence-electron chi connectivity index (χ1n) is 4.65. The summed E-state index contributed by atoms with van der Waals surface area (Å²) in [4.78, 5) is 2.17. The Morgan fingerprint density at radius 3 is 2.33 bits per heavy atom. The van der Waals surface area contributed by atoms with Crippen LogP contribution in [0.15, 0.2) is 0 Å². The molecule has 0 saturated carbocycles. The lowest BCUT2D eigenvalue weighted by molar-refractivity contribution is 0.0617. The minimum absolute atomic E-state index is 0.161. The average molecular weight is 172 g/mol. The van der Waals surface area contributed by atoms with Crippen LogP contribution >= 0.6 is 0 Å². The van der Waals surface area contributed by atoms with Gasteiger partial charge in [-0.1, -0.05) is 0 Å². The van der Waals surface area contributed by atoms with E-state index in [1.54, 1.807) is 0 Å². The van der Waals surface area contributed by atoms with E-state index in [4.69, 9.17) is 0 Å². The molecule has 0 spiro atoms. The van der Waals surface area contributed by atoms with Crippen LogP contribution in [-0.2, 0) is 0 Å². The van der Waals surface area contributed by atoms with Gasteiger partial charge in [0.25, 0.3) is 0 Å². The quantitative estimate of drug-likeness (QED) is 0.624. The molecule has 1 heterocycles. The summed E-state index contributed by atoms with van der Waals surface area (Å²) in [6.45, 7) is 3.43. The highest BCUT2D eigenvalue weighted by Gasteiger charge is 2.31. The van der Waals surface area contributed by atoms with Crippen molar-refractivity contribution in [2.24, 2.45) is 5.41 Å². The summed E-state index contributed by atoms with van der Waals surface area (Å²) < 4.78 is 0. The largest absolute Gasteiger partial charge is 0.396 e. The van der Waals surface area contributed by atoms with Crippen LogP contribution in [0.3, 0.4) is 0 Å². The SMILES string of the molecule is CN(C)CC1(CO)CCNCC1. The lowest BCUT2D eigenvalue weighted by Crippen LogP contribution is -2.45. The summed E-state index contributed by atoms with van der Waals surface area (Å²) in [7, 11) is 4.14. The molecule has 0 aliphatic carbocycles. The fraction of sp³-hybridized carbons (Fsp3) is 1.00. The first kappa shape index (κ1) is 9.96. The molecule has 0 aromatic rings. The van der Waals surface area contributed by atoms with Crippen molar-refractivity contribution in [2.45, 2.75) is 12.8 Å². The van der Waals surface area contributed by atoms with Crippen molar-refractivity contribution in [1.82, 2.24) is 10.2 Å². The number of nitrogens with one attached hydrogen (secondary N) is 1. The molecule has 1 saturated heterocycles. The van der Waals surface area contributed by atoms with Gasteiger partial charge in [0.2, 0.25) is 0 Å². The summed E-state index contributed by atoms with van der Waals surface area (Å²) >= 11 is 0. The molecule has 0 amide bonds. The van der Waals surface area contributed by atoms with Crippen LogP contribution in [-0.4, -0.2) is 50.3 Å². The van der Waals surface area contributed by atoms with Crippen molar-refractivity contribution in [1.29, 1.82) is 0 Å². The lowest BCUT2D eigenvalue weighted by atomic mass is 9.79. The normalized spacial score (nSPS) is 23.0. The number of piperidine rings is 1. The van der Waals surface area contributed by atoms with Crippen molar-refractivity contribution in [3.63, 3.8) is 0 Å². The minimum atomic E-state index is 0.161. The van der Waals surface area contributed by atoms with Crippen molar-refractivity contribution in [3.8, 4) is 0 Å². The third kappa shape index (κ3) is 2.44. The van der Waals surface area contributed by atoms with Gasteiger partial charge in [-0.25, -0.2) is 0 Å². The van der Waals surface area contributed by atoms with Gasteiger partial charge in [-0.05, 0) is 40.0 Å². The maximum Gasteiger partial charge on any atom is 0.0500 e. The molecular weight excluding hydrogens is 152 g/mol. The highest BCUT2D eigenvalue weighted by Crippen LogP contribution is 2.28. The number of aliphatic hydroxyl groups is 1. The first-order valence-corrected chi connectivity index (χ1v) is 4.65. The van der Waals surface area contributed by atoms with E-state index in [-0.39, 0.29) is 5.41 Å². The van der Waals surface area contributed by atoms with Gasteiger partial charge < -0.3 is 15.3 Å². The van der Waals surface area contributed by atoms with E-state index in [2.05, 4.69) is 24.3 Å². The van der Waals surface area contributed by atoms with E-state index < -0.39 is 0 Å². The lowest BCUT2D eigenvalue weighted by Gasteiger charge is -2.38. The Kier molecular flexibility index (Phi) is 3.50. The second-order valence-electron chi connectivity index (χ2n) is 4.15. The zero-order valence-corrected chi connectivity index (χ0v) is 8.14. The maximum atomic E-state index is 9.34. The molecule has 0 aromatic carbocycles. The molecule has 3 nitrogen and oxygen atoms in total. The third-order valence-electron chi connectivity index (χ3n) is 2.65. The monoisotopic (exact) mass is 172 g/mol. The number of hydrogen-bond acceptors (Lipinski definition) is 3. The molecule has 1 fully saturated rings. The molecule has 1 aliphatic heterocycles. The highest BCUT2D eigenvalue weighted by molar-refractivity contribution is 4.85. The predicted molar refractivity (Wildman–Crippen MR) is 50.2 cm³/mol. The second-order valence-corrected chi connectivity index (χ2v) is 4.15. The molecule has 0 bridgehead atoms. The Bertz CT molecular complexity index is 130. The molecular formula is C9H20N2O. The Labute approximate surface area is 74.8 Å². The number of nitrogens with zero attached hydrogens (tertiary/aromatic N) is 1. The third-order valence-corrected chi connectivity index (χ3v) is 2.65. The van der Waals surface area contributed by atoms with Gasteiger partial charge in [0.15, 0.2) is 0 Å². The Morgan fingerprint density at radius 1 is 1.33 bits per heavy atom. The van der Waals surface area contributed by atoms with Gasteiger partial charge in [-0.15, -0.1) is 0 Å². The number of hydrogen-bond donors (Lipinski definition) is 2. The summed E-state index contributed by atoms with van der Waals surface area (Å²) in [5, 5.41) is 12.7. The maximum absolute atomic E-state index is 9.34. The van der Waals surface area contributed by atoms with E-state index in [0.29, 0.717) is 6.61 Å². The van der Waals surface area contributed by atoms with Crippen LogP contribution in [0.4, 0.5) is 0 Å². The first-order chi connectivity index (χ1) is 5.68. The molecule has 2 N–H and O–H groups in total.